The second-order valence-electron chi connectivity index (χ2n) is 4.98. The van der Waals surface area contributed by atoms with Gasteiger partial charge < -0.3 is 0 Å². The van der Waals surface area contributed by atoms with Gasteiger partial charge in [0, 0.05) is 16.9 Å². The number of H-pyrrole nitrogens is 1. The Morgan fingerprint density at radius 1 is 0.955 bits per heavy atom. The van der Waals surface area contributed by atoms with Gasteiger partial charge in [-0.15, -0.1) is 22.0 Å². The smallest absolute Gasteiger partial charge is 0.204 e. The van der Waals surface area contributed by atoms with Crippen molar-refractivity contribution in [2.45, 2.75) is 6.04 Å². The number of tetrazole rings is 1. The van der Waals surface area contributed by atoms with E-state index in [1.54, 1.807) is 0 Å². The van der Waals surface area contributed by atoms with Gasteiger partial charge in [0.15, 0.2) is 0 Å². The molecule has 6 heteroatoms. The molecule has 1 atom stereocenters. The zero-order valence-electron chi connectivity index (χ0n) is 11.7. The summed E-state index contributed by atoms with van der Waals surface area (Å²) in [5.41, 5.74) is 3.36. The molecule has 1 aliphatic rings. The molecule has 0 fully saturated rings. The van der Waals surface area contributed by atoms with Gasteiger partial charge in [0.25, 0.3) is 0 Å². The summed E-state index contributed by atoms with van der Waals surface area (Å²) in [5.74, 6) is 1.59. The van der Waals surface area contributed by atoms with E-state index in [-0.39, 0.29) is 6.04 Å². The number of aromatic nitrogens is 4. The van der Waals surface area contributed by atoms with Crippen LogP contribution in [0.25, 0.3) is 11.4 Å². The maximum atomic E-state index is 4.85. The standard InChI is InChI=1S/C16H13N5S/c1-2-4-13(5-3-1)16-17-14(10-22-16)11-6-8-12(9-7-11)15-18-20-21-19-15/h1-9,14H,10H2,(H,18,19,20,21). The van der Waals surface area contributed by atoms with Gasteiger partial charge >= 0.3 is 0 Å². The molecule has 1 aromatic heterocycles. The Morgan fingerprint density at radius 3 is 2.50 bits per heavy atom. The van der Waals surface area contributed by atoms with E-state index in [1.807, 2.05) is 42.1 Å². The molecule has 1 N–H and O–H groups in total. The highest BCUT2D eigenvalue weighted by atomic mass is 32.2. The molecule has 3 aromatic rings. The van der Waals surface area contributed by atoms with Crippen LogP contribution >= 0.6 is 11.8 Å². The van der Waals surface area contributed by atoms with Crippen molar-refractivity contribution < 1.29 is 0 Å². The average Bonchev–Trinajstić information content (AvgIpc) is 3.28. The molecule has 0 radical (unpaired) electrons. The Balaban J connectivity index is 1.57. The van der Waals surface area contributed by atoms with Crippen molar-refractivity contribution in [2.24, 2.45) is 4.99 Å². The minimum atomic E-state index is 0.208. The average molecular weight is 307 g/mol. The highest BCUT2D eigenvalue weighted by molar-refractivity contribution is 8.14. The fourth-order valence-electron chi connectivity index (χ4n) is 2.42. The lowest BCUT2D eigenvalue weighted by molar-refractivity contribution is 0.850. The summed E-state index contributed by atoms with van der Waals surface area (Å²) in [7, 11) is 0. The van der Waals surface area contributed by atoms with Crippen molar-refractivity contribution in [3.05, 3.63) is 65.7 Å². The second kappa shape index (κ2) is 5.73. The van der Waals surface area contributed by atoms with Crippen LogP contribution in [0.5, 0.6) is 0 Å². The van der Waals surface area contributed by atoms with E-state index in [0.717, 1.165) is 16.4 Å². The molecule has 0 bridgehead atoms. The van der Waals surface area contributed by atoms with Crippen LogP contribution in [0, 0.1) is 0 Å². The Hall–Kier alpha value is -2.47. The van der Waals surface area contributed by atoms with E-state index in [2.05, 4.69) is 44.9 Å². The van der Waals surface area contributed by atoms with E-state index < -0.39 is 0 Å². The summed E-state index contributed by atoms with van der Waals surface area (Å²) >= 11 is 1.81. The van der Waals surface area contributed by atoms with Crippen molar-refractivity contribution in [1.29, 1.82) is 0 Å². The summed E-state index contributed by atoms with van der Waals surface area (Å²) < 4.78 is 0. The normalized spacial score (nSPS) is 17.5. The summed E-state index contributed by atoms with van der Waals surface area (Å²) in [6.45, 7) is 0. The quantitative estimate of drug-likeness (QED) is 0.807. The lowest BCUT2D eigenvalue weighted by Crippen LogP contribution is -1.94. The van der Waals surface area contributed by atoms with Crippen LogP contribution in [0.4, 0.5) is 0 Å². The first-order valence-electron chi connectivity index (χ1n) is 7.00. The zero-order chi connectivity index (χ0) is 14.8. The van der Waals surface area contributed by atoms with E-state index in [1.165, 1.54) is 11.1 Å². The topological polar surface area (TPSA) is 66.8 Å². The number of rotatable bonds is 3. The summed E-state index contributed by atoms with van der Waals surface area (Å²) in [6.07, 6.45) is 0. The van der Waals surface area contributed by atoms with Crippen molar-refractivity contribution in [3.8, 4) is 11.4 Å². The SMILES string of the molecule is c1ccc(C2=NC(c3ccc(-c4nn[nH]n4)cc3)CS2)cc1. The Kier molecular flexibility index (Phi) is 3.44. The number of benzene rings is 2. The highest BCUT2D eigenvalue weighted by Gasteiger charge is 2.20. The van der Waals surface area contributed by atoms with Crippen LogP contribution in [0.1, 0.15) is 17.2 Å². The fourth-order valence-corrected chi connectivity index (χ4v) is 3.51. The first-order valence-corrected chi connectivity index (χ1v) is 7.98. The fraction of sp³-hybridized carbons (Fsp3) is 0.125. The number of hydrogen-bond acceptors (Lipinski definition) is 5. The molecule has 0 saturated heterocycles. The number of hydrogen-bond donors (Lipinski definition) is 1. The van der Waals surface area contributed by atoms with Gasteiger partial charge in [0.05, 0.1) is 11.1 Å². The molecule has 2 heterocycles. The minimum absolute atomic E-state index is 0.208. The Bertz CT molecular complexity index is 781. The predicted octanol–water partition coefficient (Wildman–Crippen LogP) is 3.10. The second-order valence-corrected chi connectivity index (χ2v) is 5.99. The lowest BCUT2D eigenvalue weighted by Gasteiger charge is -2.06. The Labute approximate surface area is 131 Å². The van der Waals surface area contributed by atoms with E-state index in [9.17, 15) is 0 Å². The van der Waals surface area contributed by atoms with Crippen molar-refractivity contribution in [2.75, 3.05) is 5.75 Å². The van der Waals surface area contributed by atoms with Gasteiger partial charge in [-0.3, -0.25) is 4.99 Å². The molecule has 0 spiro atoms. The van der Waals surface area contributed by atoms with Crippen LogP contribution < -0.4 is 0 Å². The maximum Gasteiger partial charge on any atom is 0.204 e. The molecular weight excluding hydrogens is 294 g/mol. The molecule has 0 saturated carbocycles. The van der Waals surface area contributed by atoms with Crippen LogP contribution in [0.2, 0.25) is 0 Å². The molecule has 1 aliphatic heterocycles. The van der Waals surface area contributed by atoms with Gasteiger partial charge in [-0.1, -0.05) is 54.6 Å². The van der Waals surface area contributed by atoms with Crippen LogP contribution in [-0.2, 0) is 0 Å². The van der Waals surface area contributed by atoms with Gasteiger partial charge in [0.1, 0.15) is 0 Å². The summed E-state index contributed by atoms with van der Waals surface area (Å²) in [5, 5.41) is 15.1. The first kappa shape index (κ1) is 13.2. The van der Waals surface area contributed by atoms with Gasteiger partial charge in [-0.05, 0) is 10.8 Å². The van der Waals surface area contributed by atoms with E-state index in [0.29, 0.717) is 5.82 Å². The lowest BCUT2D eigenvalue weighted by atomic mass is 10.1. The molecule has 22 heavy (non-hydrogen) atoms. The van der Waals surface area contributed by atoms with Crippen molar-refractivity contribution >= 4 is 16.8 Å². The maximum absolute atomic E-state index is 4.85. The molecule has 2 aromatic carbocycles. The molecular formula is C16H13N5S. The minimum Gasteiger partial charge on any atom is -0.269 e. The monoisotopic (exact) mass is 307 g/mol. The highest BCUT2D eigenvalue weighted by Crippen LogP contribution is 2.33. The van der Waals surface area contributed by atoms with Crippen molar-refractivity contribution in [3.63, 3.8) is 0 Å². The molecule has 4 rings (SSSR count). The number of thioether (sulfide) groups is 1. The third-order valence-electron chi connectivity index (χ3n) is 3.57. The largest absolute Gasteiger partial charge is 0.269 e. The Morgan fingerprint density at radius 2 is 1.77 bits per heavy atom. The van der Waals surface area contributed by atoms with Gasteiger partial charge in [0.2, 0.25) is 5.82 Å². The van der Waals surface area contributed by atoms with Crippen molar-refractivity contribution in [1.82, 2.24) is 20.6 Å². The third-order valence-corrected chi connectivity index (χ3v) is 4.67. The number of nitrogens with zero attached hydrogens (tertiary/aromatic N) is 4. The van der Waals surface area contributed by atoms with E-state index in [4.69, 9.17) is 4.99 Å². The molecule has 108 valence electrons. The number of aliphatic imine (C=N–C) groups is 1. The van der Waals surface area contributed by atoms with E-state index >= 15 is 0 Å². The van der Waals surface area contributed by atoms with Gasteiger partial charge in [-0.2, -0.15) is 5.21 Å². The van der Waals surface area contributed by atoms with Crippen LogP contribution in [0.15, 0.2) is 59.6 Å². The molecule has 0 amide bonds. The van der Waals surface area contributed by atoms with Crippen LogP contribution in [-0.4, -0.2) is 31.4 Å². The predicted molar refractivity (Wildman–Crippen MR) is 87.8 cm³/mol. The summed E-state index contributed by atoms with van der Waals surface area (Å²) in [6, 6.07) is 18.7. The van der Waals surface area contributed by atoms with Gasteiger partial charge in [-0.25, -0.2) is 0 Å². The van der Waals surface area contributed by atoms with Crippen LogP contribution in [0.3, 0.4) is 0 Å². The summed E-state index contributed by atoms with van der Waals surface area (Å²) in [4.78, 5) is 4.85. The zero-order valence-corrected chi connectivity index (χ0v) is 12.5. The third kappa shape index (κ3) is 2.53. The number of nitrogens with one attached hydrogen (secondary N) is 1. The molecule has 0 aliphatic carbocycles. The number of aromatic amines is 1. The molecule has 1 unspecified atom stereocenters. The first-order chi connectivity index (χ1) is 10.9. The molecule has 5 nitrogen and oxygen atoms in total.